The van der Waals surface area contributed by atoms with Crippen molar-refractivity contribution in [3.05, 3.63) is 23.8 Å². The lowest BCUT2D eigenvalue weighted by molar-refractivity contribution is 0.0527. The number of nitrogens with one attached hydrogen (secondary N) is 1. The monoisotopic (exact) mass is 308 g/mol. The fourth-order valence-corrected chi connectivity index (χ4v) is 3.50. The number of esters is 1. The van der Waals surface area contributed by atoms with Crippen molar-refractivity contribution in [2.75, 3.05) is 23.9 Å². The first-order valence-corrected chi connectivity index (χ1v) is 8.79. The molecule has 0 unspecified atom stereocenters. The lowest BCUT2D eigenvalue weighted by Gasteiger charge is -2.29. The van der Waals surface area contributed by atoms with Gasteiger partial charge in [0.1, 0.15) is 0 Å². The van der Waals surface area contributed by atoms with Gasteiger partial charge in [-0.3, -0.25) is 0 Å². The molecule has 0 heterocycles. The summed E-state index contributed by atoms with van der Waals surface area (Å²) in [4.78, 5) is 12.0. The average molecular weight is 308 g/mol. The van der Waals surface area contributed by atoms with E-state index in [1.54, 1.807) is 19.1 Å². The quantitative estimate of drug-likeness (QED) is 0.643. The molecule has 0 bridgehead atoms. The maximum Gasteiger partial charge on any atom is 0.340 e. The number of carbonyl (C=O) groups excluding carboxylic acids is 1. The van der Waals surface area contributed by atoms with Crippen LogP contribution >= 0.6 is 11.8 Å². The number of anilines is 2. The molecule has 3 N–H and O–H groups in total. The van der Waals surface area contributed by atoms with Gasteiger partial charge in [-0.05, 0) is 51.0 Å². The summed E-state index contributed by atoms with van der Waals surface area (Å²) >= 11 is 1.95. The molecule has 0 atom stereocenters. The van der Waals surface area contributed by atoms with E-state index in [1.807, 2.05) is 17.8 Å². The topological polar surface area (TPSA) is 64.3 Å². The molecule has 1 aromatic rings. The molecular formula is C16H24N2O2S. The second-order valence-corrected chi connectivity index (χ2v) is 6.48. The van der Waals surface area contributed by atoms with Crippen molar-refractivity contribution in [1.82, 2.24) is 0 Å². The van der Waals surface area contributed by atoms with E-state index in [0.29, 0.717) is 23.9 Å². The van der Waals surface area contributed by atoms with Gasteiger partial charge in [-0.15, -0.1) is 0 Å². The fourth-order valence-electron chi connectivity index (χ4n) is 2.76. The van der Waals surface area contributed by atoms with Crippen molar-refractivity contribution in [1.29, 1.82) is 0 Å². The summed E-state index contributed by atoms with van der Waals surface area (Å²) in [5.41, 5.74) is 7.91. The van der Waals surface area contributed by atoms with E-state index in [-0.39, 0.29) is 5.97 Å². The third kappa shape index (κ3) is 4.06. The molecule has 0 amide bonds. The van der Waals surface area contributed by atoms with Crippen LogP contribution in [0.1, 0.15) is 43.0 Å². The molecule has 1 aliphatic carbocycles. The van der Waals surface area contributed by atoms with Crippen LogP contribution in [0.4, 0.5) is 11.4 Å². The van der Waals surface area contributed by atoms with Crippen molar-refractivity contribution in [2.24, 2.45) is 0 Å². The van der Waals surface area contributed by atoms with E-state index >= 15 is 0 Å². The number of rotatable bonds is 5. The van der Waals surface area contributed by atoms with Crippen LogP contribution in [0, 0.1) is 0 Å². The number of nitrogen functional groups attached to an aromatic ring is 1. The van der Waals surface area contributed by atoms with Crippen LogP contribution in [0.15, 0.2) is 18.2 Å². The molecule has 1 fully saturated rings. The maximum absolute atomic E-state index is 12.0. The average Bonchev–Trinajstić information content (AvgIpc) is 2.50. The smallest absolute Gasteiger partial charge is 0.340 e. The molecule has 21 heavy (non-hydrogen) atoms. The highest BCUT2D eigenvalue weighted by Crippen LogP contribution is 2.31. The molecule has 5 heteroatoms. The lowest BCUT2D eigenvalue weighted by atomic mass is 9.94. The zero-order valence-corrected chi connectivity index (χ0v) is 13.5. The van der Waals surface area contributed by atoms with E-state index in [2.05, 4.69) is 11.6 Å². The SMILES string of the molecule is CCOC(=O)c1cccc(N)c1NC1CCC(SC)CC1. The van der Waals surface area contributed by atoms with Gasteiger partial charge >= 0.3 is 5.97 Å². The van der Waals surface area contributed by atoms with Gasteiger partial charge in [-0.25, -0.2) is 4.79 Å². The first kappa shape index (κ1) is 16.0. The minimum absolute atomic E-state index is 0.315. The predicted octanol–water partition coefficient (Wildman–Crippen LogP) is 3.53. The highest BCUT2D eigenvalue weighted by atomic mass is 32.2. The van der Waals surface area contributed by atoms with Crippen molar-refractivity contribution in [2.45, 2.75) is 43.9 Å². The van der Waals surface area contributed by atoms with E-state index in [1.165, 1.54) is 12.8 Å². The molecule has 0 saturated heterocycles. The molecule has 1 aromatic carbocycles. The highest BCUT2D eigenvalue weighted by molar-refractivity contribution is 7.99. The highest BCUT2D eigenvalue weighted by Gasteiger charge is 2.23. The summed E-state index contributed by atoms with van der Waals surface area (Å²) in [6.45, 7) is 2.17. The molecule has 4 nitrogen and oxygen atoms in total. The summed E-state index contributed by atoms with van der Waals surface area (Å²) in [6.07, 6.45) is 6.82. The van der Waals surface area contributed by atoms with Gasteiger partial charge in [-0.1, -0.05) is 6.07 Å². The third-order valence-electron chi connectivity index (χ3n) is 3.95. The van der Waals surface area contributed by atoms with Crippen LogP contribution < -0.4 is 11.1 Å². The summed E-state index contributed by atoms with van der Waals surface area (Å²) in [5, 5.41) is 4.23. The first-order valence-electron chi connectivity index (χ1n) is 7.50. The standard InChI is InChI=1S/C16H24N2O2S/c1-3-20-16(19)13-5-4-6-14(17)15(13)18-11-7-9-12(21-2)10-8-11/h4-6,11-12,18H,3,7-10,17H2,1-2H3. The first-order chi connectivity index (χ1) is 10.2. The summed E-state index contributed by atoms with van der Waals surface area (Å²) < 4.78 is 5.11. The number of hydrogen-bond donors (Lipinski definition) is 2. The molecule has 0 radical (unpaired) electrons. The van der Waals surface area contributed by atoms with Gasteiger partial charge in [0.2, 0.25) is 0 Å². The van der Waals surface area contributed by atoms with Gasteiger partial charge in [0.25, 0.3) is 0 Å². The third-order valence-corrected chi connectivity index (χ3v) is 5.09. The molecule has 0 spiro atoms. The maximum atomic E-state index is 12.0. The number of hydrogen-bond acceptors (Lipinski definition) is 5. The van der Waals surface area contributed by atoms with E-state index in [9.17, 15) is 4.79 Å². The van der Waals surface area contributed by atoms with E-state index in [0.717, 1.165) is 23.8 Å². The van der Waals surface area contributed by atoms with E-state index in [4.69, 9.17) is 10.5 Å². The number of carbonyl (C=O) groups is 1. The second kappa shape index (κ2) is 7.59. The Morgan fingerprint density at radius 2 is 2.10 bits per heavy atom. The number of benzene rings is 1. The zero-order valence-electron chi connectivity index (χ0n) is 12.7. The van der Waals surface area contributed by atoms with Gasteiger partial charge in [0, 0.05) is 11.3 Å². The Labute approximate surface area is 130 Å². The summed E-state index contributed by atoms with van der Waals surface area (Å²) in [7, 11) is 0. The van der Waals surface area contributed by atoms with Gasteiger partial charge in [-0.2, -0.15) is 11.8 Å². The van der Waals surface area contributed by atoms with Crippen LogP contribution in [-0.2, 0) is 4.74 Å². The molecule has 0 aliphatic heterocycles. The lowest BCUT2D eigenvalue weighted by Crippen LogP contribution is -2.28. The van der Waals surface area contributed by atoms with Crippen LogP contribution in [0.25, 0.3) is 0 Å². The second-order valence-electron chi connectivity index (χ2n) is 5.34. The largest absolute Gasteiger partial charge is 0.462 e. The molecule has 116 valence electrons. The molecular weight excluding hydrogens is 284 g/mol. The summed E-state index contributed by atoms with van der Waals surface area (Å²) in [6, 6.07) is 5.76. The molecule has 2 rings (SSSR count). The normalized spacial score (nSPS) is 21.8. The van der Waals surface area contributed by atoms with Crippen molar-refractivity contribution in [3.63, 3.8) is 0 Å². The minimum atomic E-state index is -0.315. The Bertz CT molecular complexity index is 485. The van der Waals surface area contributed by atoms with Crippen LogP contribution in [0.2, 0.25) is 0 Å². The van der Waals surface area contributed by atoms with Crippen molar-refractivity contribution >= 4 is 29.1 Å². The Morgan fingerprint density at radius 1 is 1.38 bits per heavy atom. The number of nitrogens with two attached hydrogens (primary N) is 1. The fraction of sp³-hybridized carbons (Fsp3) is 0.562. The van der Waals surface area contributed by atoms with Crippen molar-refractivity contribution in [3.8, 4) is 0 Å². The van der Waals surface area contributed by atoms with E-state index < -0.39 is 0 Å². The number of para-hydroxylation sites is 1. The Kier molecular flexibility index (Phi) is 5.79. The predicted molar refractivity (Wildman–Crippen MR) is 90.0 cm³/mol. The number of ether oxygens (including phenoxy) is 1. The minimum Gasteiger partial charge on any atom is -0.462 e. The summed E-state index contributed by atoms with van der Waals surface area (Å²) in [5.74, 6) is -0.315. The van der Waals surface area contributed by atoms with Gasteiger partial charge in [0.05, 0.1) is 23.5 Å². The van der Waals surface area contributed by atoms with Crippen LogP contribution in [-0.4, -0.2) is 30.1 Å². The Balaban J connectivity index is 2.10. The van der Waals surface area contributed by atoms with Gasteiger partial charge < -0.3 is 15.8 Å². The molecule has 0 aromatic heterocycles. The molecule has 1 aliphatic rings. The number of thioether (sulfide) groups is 1. The van der Waals surface area contributed by atoms with Crippen LogP contribution in [0.3, 0.4) is 0 Å². The van der Waals surface area contributed by atoms with Crippen LogP contribution in [0.5, 0.6) is 0 Å². The van der Waals surface area contributed by atoms with Gasteiger partial charge in [0.15, 0.2) is 0 Å². The van der Waals surface area contributed by atoms with Crippen molar-refractivity contribution < 1.29 is 9.53 Å². The zero-order chi connectivity index (χ0) is 15.2. The molecule has 1 saturated carbocycles. The Hall–Kier alpha value is -1.36. The Morgan fingerprint density at radius 3 is 2.71 bits per heavy atom.